The Kier molecular flexibility index (Phi) is 4.25. The molecule has 0 fully saturated rings. The number of aromatic nitrogens is 2. The highest BCUT2D eigenvalue weighted by atomic mass is 32.1. The summed E-state index contributed by atoms with van der Waals surface area (Å²) in [6.07, 6.45) is 0. The van der Waals surface area contributed by atoms with Gasteiger partial charge in [-0.3, -0.25) is 0 Å². The second-order valence-electron chi connectivity index (χ2n) is 5.49. The average Bonchev–Trinajstić information content (AvgIpc) is 2.84. The topological polar surface area (TPSA) is 67.3 Å². The van der Waals surface area contributed by atoms with E-state index in [1.807, 2.05) is 6.07 Å². The summed E-state index contributed by atoms with van der Waals surface area (Å²) in [7, 11) is 1.52. The zero-order valence-electron chi connectivity index (χ0n) is 12.1. The molecule has 1 aromatic carbocycles. The average molecular weight is 293 g/mol. The van der Waals surface area contributed by atoms with E-state index in [0.29, 0.717) is 12.3 Å². The van der Waals surface area contributed by atoms with Crippen molar-refractivity contribution in [1.82, 2.24) is 15.5 Å². The molecule has 2 aromatic rings. The number of methoxy groups -OCH3 is 1. The van der Waals surface area contributed by atoms with Crippen LogP contribution in [0.25, 0.3) is 10.6 Å². The molecule has 0 spiro atoms. The van der Waals surface area contributed by atoms with Gasteiger partial charge in [-0.1, -0.05) is 11.3 Å². The Bertz CT molecular complexity index is 590. The highest BCUT2D eigenvalue weighted by Crippen LogP contribution is 2.32. The quantitative estimate of drug-likeness (QED) is 0.907. The van der Waals surface area contributed by atoms with Crippen LogP contribution in [-0.2, 0) is 6.54 Å². The number of aromatic hydroxyl groups is 1. The fourth-order valence-electron chi connectivity index (χ4n) is 1.61. The number of hydrogen-bond acceptors (Lipinski definition) is 6. The van der Waals surface area contributed by atoms with Crippen LogP contribution < -0.4 is 10.1 Å². The highest BCUT2D eigenvalue weighted by Gasteiger charge is 2.13. The first-order valence-corrected chi connectivity index (χ1v) is 7.15. The molecule has 0 radical (unpaired) electrons. The van der Waals surface area contributed by atoms with Gasteiger partial charge >= 0.3 is 0 Å². The van der Waals surface area contributed by atoms with E-state index in [-0.39, 0.29) is 11.3 Å². The zero-order valence-corrected chi connectivity index (χ0v) is 12.9. The third kappa shape index (κ3) is 3.68. The molecule has 0 bridgehead atoms. The number of ether oxygens (including phenoxy) is 1. The van der Waals surface area contributed by atoms with Crippen molar-refractivity contribution in [3.8, 4) is 22.1 Å². The van der Waals surface area contributed by atoms with Crippen LogP contribution in [0.3, 0.4) is 0 Å². The number of hydrogen-bond donors (Lipinski definition) is 2. The first-order chi connectivity index (χ1) is 9.39. The van der Waals surface area contributed by atoms with Crippen LogP contribution in [0.5, 0.6) is 11.5 Å². The summed E-state index contributed by atoms with van der Waals surface area (Å²) in [4.78, 5) is 0. The summed E-state index contributed by atoms with van der Waals surface area (Å²) < 4.78 is 5.02. The minimum Gasteiger partial charge on any atom is -0.504 e. The van der Waals surface area contributed by atoms with Crippen molar-refractivity contribution in [2.75, 3.05) is 7.11 Å². The maximum absolute atomic E-state index is 9.79. The van der Waals surface area contributed by atoms with E-state index in [1.165, 1.54) is 18.4 Å². The Balaban J connectivity index is 2.14. The van der Waals surface area contributed by atoms with Crippen molar-refractivity contribution in [2.24, 2.45) is 0 Å². The lowest BCUT2D eigenvalue weighted by molar-refractivity contribution is 0.373. The Morgan fingerprint density at radius 3 is 2.65 bits per heavy atom. The summed E-state index contributed by atoms with van der Waals surface area (Å²) in [5.74, 6) is 0.558. The van der Waals surface area contributed by atoms with Crippen molar-refractivity contribution in [1.29, 1.82) is 0 Å². The molecule has 2 N–H and O–H groups in total. The monoisotopic (exact) mass is 293 g/mol. The third-order valence-corrected chi connectivity index (χ3v) is 3.63. The summed E-state index contributed by atoms with van der Waals surface area (Å²) in [5.41, 5.74) is 0.882. The zero-order chi connectivity index (χ0) is 14.8. The summed E-state index contributed by atoms with van der Waals surface area (Å²) in [6.45, 7) is 7.01. The van der Waals surface area contributed by atoms with Crippen LogP contribution >= 0.6 is 11.3 Å². The molecule has 6 heteroatoms. The molecule has 1 aromatic heterocycles. The molecule has 0 aliphatic carbocycles. The van der Waals surface area contributed by atoms with E-state index in [0.717, 1.165) is 15.6 Å². The number of nitrogens with one attached hydrogen (secondary N) is 1. The molecule has 20 heavy (non-hydrogen) atoms. The standard InChI is InChI=1S/C14H19N3O2S/c1-14(2,3)15-8-12-16-17-13(20-12)9-5-6-11(19-4)10(18)7-9/h5-7,15,18H,8H2,1-4H3. The lowest BCUT2D eigenvalue weighted by Gasteiger charge is -2.19. The van der Waals surface area contributed by atoms with E-state index in [9.17, 15) is 5.11 Å². The van der Waals surface area contributed by atoms with Gasteiger partial charge in [0.05, 0.1) is 13.7 Å². The van der Waals surface area contributed by atoms with Crippen LogP contribution in [0.4, 0.5) is 0 Å². The summed E-state index contributed by atoms with van der Waals surface area (Å²) in [5, 5.41) is 23.2. The minimum atomic E-state index is 0.0458. The van der Waals surface area contributed by atoms with E-state index < -0.39 is 0 Å². The van der Waals surface area contributed by atoms with Gasteiger partial charge in [0.25, 0.3) is 0 Å². The smallest absolute Gasteiger partial charge is 0.160 e. The SMILES string of the molecule is COc1ccc(-c2nnc(CNC(C)(C)C)s2)cc1O. The lowest BCUT2D eigenvalue weighted by atomic mass is 10.1. The van der Waals surface area contributed by atoms with Gasteiger partial charge in [0.2, 0.25) is 0 Å². The second kappa shape index (κ2) is 5.76. The molecular formula is C14H19N3O2S. The maximum Gasteiger partial charge on any atom is 0.160 e. The van der Waals surface area contributed by atoms with Gasteiger partial charge in [-0.05, 0) is 39.0 Å². The van der Waals surface area contributed by atoms with E-state index >= 15 is 0 Å². The van der Waals surface area contributed by atoms with Gasteiger partial charge in [-0.25, -0.2) is 0 Å². The van der Waals surface area contributed by atoms with Crippen molar-refractivity contribution in [3.63, 3.8) is 0 Å². The molecule has 108 valence electrons. The van der Waals surface area contributed by atoms with Crippen molar-refractivity contribution < 1.29 is 9.84 Å². The number of phenols is 1. The molecule has 0 aliphatic rings. The largest absolute Gasteiger partial charge is 0.504 e. The van der Waals surface area contributed by atoms with Crippen LogP contribution in [0.15, 0.2) is 18.2 Å². The van der Waals surface area contributed by atoms with Crippen molar-refractivity contribution >= 4 is 11.3 Å². The molecule has 0 unspecified atom stereocenters. The molecule has 0 atom stereocenters. The van der Waals surface area contributed by atoms with Gasteiger partial charge < -0.3 is 15.2 Å². The fourth-order valence-corrected chi connectivity index (χ4v) is 2.38. The molecule has 5 nitrogen and oxygen atoms in total. The van der Waals surface area contributed by atoms with Gasteiger partial charge in [0, 0.05) is 11.1 Å². The molecule has 1 heterocycles. The first kappa shape index (κ1) is 14.7. The van der Waals surface area contributed by atoms with E-state index in [1.54, 1.807) is 12.1 Å². The number of nitrogens with zero attached hydrogens (tertiary/aromatic N) is 2. The highest BCUT2D eigenvalue weighted by molar-refractivity contribution is 7.14. The molecular weight excluding hydrogens is 274 g/mol. The Morgan fingerprint density at radius 2 is 2.05 bits per heavy atom. The van der Waals surface area contributed by atoms with Crippen LogP contribution in [0.2, 0.25) is 0 Å². The third-order valence-electron chi connectivity index (χ3n) is 2.66. The number of benzene rings is 1. The molecule has 0 saturated carbocycles. The maximum atomic E-state index is 9.79. The van der Waals surface area contributed by atoms with E-state index in [2.05, 4.69) is 36.3 Å². The fraction of sp³-hybridized carbons (Fsp3) is 0.429. The van der Waals surface area contributed by atoms with E-state index in [4.69, 9.17) is 4.74 Å². The van der Waals surface area contributed by atoms with Crippen LogP contribution in [0.1, 0.15) is 25.8 Å². The Morgan fingerprint density at radius 1 is 1.30 bits per heavy atom. The molecule has 2 rings (SSSR count). The van der Waals surface area contributed by atoms with Crippen LogP contribution in [0, 0.1) is 0 Å². The molecule has 0 amide bonds. The first-order valence-electron chi connectivity index (χ1n) is 6.34. The van der Waals surface area contributed by atoms with Crippen molar-refractivity contribution in [3.05, 3.63) is 23.2 Å². The Labute approximate surface area is 122 Å². The number of rotatable bonds is 4. The predicted octanol–water partition coefficient (Wildman–Crippen LogP) is 2.81. The minimum absolute atomic E-state index is 0.0458. The molecule has 0 saturated heterocycles. The summed E-state index contributed by atoms with van der Waals surface area (Å²) >= 11 is 1.51. The predicted molar refractivity (Wildman–Crippen MR) is 80.2 cm³/mol. The van der Waals surface area contributed by atoms with Gasteiger partial charge in [0.1, 0.15) is 10.0 Å². The molecule has 0 aliphatic heterocycles. The second-order valence-corrected chi connectivity index (χ2v) is 6.55. The number of phenolic OH excluding ortho intramolecular Hbond substituents is 1. The van der Waals surface area contributed by atoms with Gasteiger partial charge in [0.15, 0.2) is 11.5 Å². The Hall–Kier alpha value is -1.66. The van der Waals surface area contributed by atoms with Gasteiger partial charge in [-0.2, -0.15) is 0 Å². The van der Waals surface area contributed by atoms with Gasteiger partial charge in [-0.15, -0.1) is 10.2 Å². The normalized spacial score (nSPS) is 11.6. The lowest BCUT2D eigenvalue weighted by Crippen LogP contribution is -2.35. The van der Waals surface area contributed by atoms with Crippen LogP contribution in [-0.4, -0.2) is 28.0 Å². The van der Waals surface area contributed by atoms with Crippen molar-refractivity contribution in [2.45, 2.75) is 32.9 Å². The summed E-state index contributed by atoms with van der Waals surface area (Å²) in [6, 6.07) is 5.22.